The lowest BCUT2D eigenvalue weighted by Crippen LogP contribution is -2.55. The van der Waals surface area contributed by atoms with Crippen LogP contribution in [0.4, 0.5) is 17.1 Å². The average molecular weight is 868 g/mol. The van der Waals surface area contributed by atoms with Crippen molar-refractivity contribution in [1.82, 2.24) is 0 Å². The quantitative estimate of drug-likeness (QED) is 0.171. The highest BCUT2D eigenvalue weighted by molar-refractivity contribution is 5.90. The molecule has 0 unspecified atom stereocenters. The number of hydrogen-bond acceptors (Lipinski definition) is 1. The van der Waals surface area contributed by atoms with E-state index < -0.39 is 0 Å². The van der Waals surface area contributed by atoms with Gasteiger partial charge in [-0.3, -0.25) is 0 Å². The maximum Gasteiger partial charge on any atom is 0.0465 e. The number of rotatable bonds is 4. The Labute approximate surface area is 397 Å². The number of nitrogens with zero attached hydrogens (tertiary/aromatic N) is 1. The van der Waals surface area contributed by atoms with E-state index in [1.807, 2.05) is 0 Å². The van der Waals surface area contributed by atoms with Gasteiger partial charge in [-0.1, -0.05) is 156 Å². The van der Waals surface area contributed by atoms with Crippen LogP contribution in [0.25, 0.3) is 33.4 Å². The maximum absolute atomic E-state index is 2.72. The highest BCUT2D eigenvalue weighted by Crippen LogP contribution is 2.70. The minimum atomic E-state index is -0.0861. The van der Waals surface area contributed by atoms with E-state index in [0.29, 0.717) is 11.8 Å². The van der Waals surface area contributed by atoms with Crippen LogP contribution < -0.4 is 4.90 Å². The Morgan fingerprint density at radius 3 is 1.47 bits per heavy atom. The molecule has 0 radical (unpaired) electrons. The second-order valence-electron chi connectivity index (χ2n) is 26.2. The van der Waals surface area contributed by atoms with E-state index in [1.165, 1.54) is 129 Å². The maximum atomic E-state index is 2.72. The minimum Gasteiger partial charge on any atom is -0.310 e. The minimum absolute atomic E-state index is 0.0215. The van der Waals surface area contributed by atoms with Gasteiger partial charge in [0, 0.05) is 27.9 Å². The third-order valence-corrected chi connectivity index (χ3v) is 18.8. The predicted molar refractivity (Wildman–Crippen MR) is 280 cm³/mol. The van der Waals surface area contributed by atoms with Gasteiger partial charge in [0.1, 0.15) is 0 Å². The summed E-state index contributed by atoms with van der Waals surface area (Å²) in [6.07, 6.45) is 9.35. The molecule has 7 aliphatic carbocycles. The van der Waals surface area contributed by atoms with Crippen molar-refractivity contribution >= 4 is 17.1 Å². The summed E-state index contributed by atoms with van der Waals surface area (Å²) in [7, 11) is 0. The molecule has 6 aromatic carbocycles. The molecule has 13 rings (SSSR count). The topological polar surface area (TPSA) is 3.24 Å². The van der Waals surface area contributed by atoms with Crippen LogP contribution in [-0.2, 0) is 32.5 Å². The summed E-state index contributed by atoms with van der Waals surface area (Å²) in [6, 6.07) is 47.0. The van der Waals surface area contributed by atoms with Crippen LogP contribution in [0.1, 0.15) is 173 Å². The molecular weight excluding hydrogens is 795 g/mol. The van der Waals surface area contributed by atoms with Gasteiger partial charge >= 0.3 is 0 Å². The van der Waals surface area contributed by atoms with Crippen molar-refractivity contribution in [2.75, 3.05) is 4.90 Å². The summed E-state index contributed by atoms with van der Waals surface area (Å²) in [5.41, 5.74) is 24.6. The molecule has 0 N–H and O–H groups in total. The predicted octanol–water partition coefficient (Wildman–Crippen LogP) is 17.8. The smallest absolute Gasteiger partial charge is 0.0465 e. The third-order valence-electron chi connectivity index (χ3n) is 18.8. The fourth-order valence-corrected chi connectivity index (χ4v) is 15.2. The van der Waals surface area contributed by atoms with Crippen LogP contribution in [0, 0.1) is 23.7 Å². The van der Waals surface area contributed by atoms with Crippen molar-refractivity contribution in [3.63, 3.8) is 0 Å². The van der Waals surface area contributed by atoms with Crippen LogP contribution in [0.15, 0.2) is 115 Å². The van der Waals surface area contributed by atoms with E-state index in [1.54, 1.807) is 11.1 Å². The molecule has 6 aromatic rings. The van der Waals surface area contributed by atoms with E-state index in [-0.39, 0.29) is 32.5 Å². The van der Waals surface area contributed by atoms with Gasteiger partial charge < -0.3 is 4.90 Å². The number of anilines is 3. The molecule has 0 amide bonds. The Bertz CT molecular complexity index is 2930. The van der Waals surface area contributed by atoms with Gasteiger partial charge in [0.05, 0.1) is 0 Å². The molecule has 1 heteroatoms. The summed E-state index contributed by atoms with van der Waals surface area (Å²) in [5.74, 6) is 3.11. The lowest BCUT2D eigenvalue weighted by Gasteiger charge is -2.61. The molecule has 7 aliphatic rings. The normalized spacial score (nSPS) is 25.6. The van der Waals surface area contributed by atoms with E-state index in [2.05, 4.69) is 203 Å². The average Bonchev–Trinajstić information content (AvgIpc) is 3.68. The molecule has 0 aliphatic heterocycles. The lowest BCUT2D eigenvalue weighted by atomic mass is 9.43. The first-order valence-electron chi connectivity index (χ1n) is 25.8. The van der Waals surface area contributed by atoms with Crippen LogP contribution in [-0.4, -0.2) is 0 Å². The van der Waals surface area contributed by atoms with Gasteiger partial charge in [0.25, 0.3) is 0 Å². The molecule has 0 aromatic heterocycles. The highest BCUT2D eigenvalue weighted by Gasteiger charge is 2.62. The molecule has 4 fully saturated rings. The van der Waals surface area contributed by atoms with Crippen molar-refractivity contribution in [3.05, 3.63) is 160 Å². The van der Waals surface area contributed by atoms with E-state index in [0.717, 1.165) is 11.8 Å². The molecule has 0 saturated heterocycles. The third kappa shape index (κ3) is 6.09. The molecular formula is C65H73N. The summed E-state index contributed by atoms with van der Waals surface area (Å²) in [4.78, 5) is 2.65. The standard InChI is InChI=1S/C65H73N/c1-60(2,3)43-32-42(33-44(35-43)61(4,5)6)41-17-21-52-53-23-19-48(37-58(53)65(57(52)34-41)45-28-39-27-40(30-45)31-46(65)29-39)66(49-20-24-55-59(38-49)63(9,10)26-25-62(55,7)8)47-18-22-51-50-15-13-14-16-54(50)64(11,12)56(51)36-47/h13-24,32-40,45-46H,25-31H2,1-12H3. The summed E-state index contributed by atoms with van der Waals surface area (Å²) in [6.45, 7) is 28.9. The lowest BCUT2D eigenvalue weighted by molar-refractivity contribution is -0.0399. The molecule has 1 spiro atoms. The zero-order valence-corrected chi connectivity index (χ0v) is 42.2. The monoisotopic (exact) mass is 868 g/mol. The van der Waals surface area contributed by atoms with Gasteiger partial charge in [-0.2, -0.15) is 0 Å². The van der Waals surface area contributed by atoms with E-state index in [9.17, 15) is 0 Å². The second kappa shape index (κ2) is 13.9. The Balaban J connectivity index is 1.07. The number of benzene rings is 6. The van der Waals surface area contributed by atoms with Gasteiger partial charge in [-0.25, -0.2) is 0 Å². The summed E-state index contributed by atoms with van der Waals surface area (Å²) in [5, 5.41) is 0. The molecule has 0 atom stereocenters. The van der Waals surface area contributed by atoms with Crippen LogP contribution >= 0.6 is 0 Å². The summed E-state index contributed by atoms with van der Waals surface area (Å²) >= 11 is 0. The van der Waals surface area contributed by atoms with Gasteiger partial charge in [-0.15, -0.1) is 0 Å². The molecule has 0 heterocycles. The van der Waals surface area contributed by atoms with Crippen molar-refractivity contribution in [3.8, 4) is 33.4 Å². The zero-order valence-electron chi connectivity index (χ0n) is 42.2. The fourth-order valence-electron chi connectivity index (χ4n) is 15.2. The molecule has 4 bridgehead atoms. The Hall–Kier alpha value is -4.88. The molecule has 338 valence electrons. The molecule has 1 nitrogen and oxygen atoms in total. The molecule has 66 heavy (non-hydrogen) atoms. The van der Waals surface area contributed by atoms with Crippen LogP contribution in [0.5, 0.6) is 0 Å². The van der Waals surface area contributed by atoms with E-state index in [4.69, 9.17) is 0 Å². The SMILES string of the molecule is CC(C)(C)c1cc(-c2ccc3c(c2)C2(c4cc(N(c5ccc6c(c5)C(C)(C)CCC6(C)C)c5ccc6c(c5)C(C)(C)c5ccccc5-6)ccc4-3)C3CC4CC(C3)CC2C4)cc(C(C)(C)C)c1. The zero-order chi connectivity index (χ0) is 46.1. The molecule has 4 saturated carbocycles. The largest absolute Gasteiger partial charge is 0.310 e. The highest BCUT2D eigenvalue weighted by atomic mass is 15.1. The van der Waals surface area contributed by atoms with Gasteiger partial charge in [0.15, 0.2) is 0 Å². The van der Waals surface area contributed by atoms with Crippen molar-refractivity contribution < 1.29 is 0 Å². The van der Waals surface area contributed by atoms with Crippen molar-refractivity contribution in [1.29, 1.82) is 0 Å². The Morgan fingerprint density at radius 2 is 0.879 bits per heavy atom. The van der Waals surface area contributed by atoms with Gasteiger partial charge in [-0.05, 0) is 211 Å². The Kier molecular flexibility index (Phi) is 8.92. The second-order valence-corrected chi connectivity index (χ2v) is 26.2. The van der Waals surface area contributed by atoms with Crippen LogP contribution in [0.2, 0.25) is 0 Å². The van der Waals surface area contributed by atoms with Crippen LogP contribution in [0.3, 0.4) is 0 Å². The fraction of sp³-hybridized carbons (Fsp3) is 0.446. The first-order chi connectivity index (χ1) is 31.1. The Morgan fingerprint density at radius 1 is 0.409 bits per heavy atom. The first-order valence-corrected chi connectivity index (χ1v) is 25.8. The van der Waals surface area contributed by atoms with E-state index >= 15 is 0 Å². The number of fused-ring (bicyclic) bond motifs is 7. The van der Waals surface area contributed by atoms with Crippen molar-refractivity contribution in [2.24, 2.45) is 23.7 Å². The van der Waals surface area contributed by atoms with Crippen molar-refractivity contribution in [2.45, 2.75) is 161 Å². The van der Waals surface area contributed by atoms with Gasteiger partial charge in [0.2, 0.25) is 0 Å². The first kappa shape index (κ1) is 42.5. The number of hydrogen-bond donors (Lipinski definition) is 0. The summed E-state index contributed by atoms with van der Waals surface area (Å²) < 4.78 is 0.